The van der Waals surface area contributed by atoms with E-state index in [1.807, 2.05) is 0 Å². The van der Waals surface area contributed by atoms with E-state index < -0.39 is 5.97 Å². The van der Waals surface area contributed by atoms with Gasteiger partial charge in [-0.25, -0.2) is 4.39 Å². The van der Waals surface area contributed by atoms with E-state index in [9.17, 15) is 9.18 Å². The molecule has 0 bridgehead atoms. The molecule has 0 unspecified atom stereocenters. The summed E-state index contributed by atoms with van der Waals surface area (Å²) in [4.78, 5) is 14.5. The first-order valence-electron chi connectivity index (χ1n) is 5.06. The summed E-state index contributed by atoms with van der Waals surface area (Å²) in [5, 5.41) is 12.3. The molecule has 18 heavy (non-hydrogen) atoms. The van der Waals surface area contributed by atoms with Gasteiger partial charge in [-0.05, 0) is 34.1 Å². The van der Waals surface area contributed by atoms with Gasteiger partial charge in [0.15, 0.2) is 0 Å². The second-order valence-corrected chi connectivity index (χ2v) is 4.38. The van der Waals surface area contributed by atoms with E-state index >= 15 is 0 Å². The number of aromatic nitrogens is 2. The number of benzene rings is 1. The van der Waals surface area contributed by atoms with Gasteiger partial charge in [0.05, 0.1) is 6.42 Å². The van der Waals surface area contributed by atoms with Crippen LogP contribution in [0.1, 0.15) is 12.3 Å². The number of aryl methyl sites for hydroxylation is 1. The number of carboxylic acids is 1. The maximum atomic E-state index is 12.9. The highest BCUT2D eigenvalue weighted by Gasteiger charge is 2.12. The normalized spacial score (nSPS) is 10.6. The van der Waals surface area contributed by atoms with E-state index in [4.69, 9.17) is 9.63 Å². The van der Waals surface area contributed by atoms with E-state index in [0.717, 1.165) is 0 Å². The van der Waals surface area contributed by atoms with Crippen LogP contribution in [-0.4, -0.2) is 21.2 Å². The summed E-state index contributed by atoms with van der Waals surface area (Å²) < 4.78 is 18.3. The first-order chi connectivity index (χ1) is 8.56. The molecule has 0 fully saturated rings. The standard InChI is InChI=1S/C11H8BrFN2O3/c12-8-5-6(13)1-2-7(8)11-14-9(18-15-11)3-4-10(16)17/h1-2,5H,3-4H2,(H,16,17). The number of nitrogens with zero attached hydrogens (tertiary/aromatic N) is 2. The summed E-state index contributed by atoms with van der Waals surface area (Å²) >= 11 is 3.20. The van der Waals surface area contributed by atoms with Crippen molar-refractivity contribution < 1.29 is 18.8 Å². The lowest BCUT2D eigenvalue weighted by Gasteiger charge is -1.98. The Balaban J connectivity index is 2.21. The van der Waals surface area contributed by atoms with Crippen molar-refractivity contribution in [3.63, 3.8) is 0 Å². The lowest BCUT2D eigenvalue weighted by molar-refractivity contribution is -0.137. The van der Waals surface area contributed by atoms with Crippen LogP contribution in [-0.2, 0) is 11.2 Å². The zero-order valence-electron chi connectivity index (χ0n) is 9.06. The van der Waals surface area contributed by atoms with Crippen LogP contribution in [0.4, 0.5) is 4.39 Å². The molecule has 1 heterocycles. The highest BCUT2D eigenvalue weighted by Crippen LogP contribution is 2.26. The molecule has 0 amide bonds. The van der Waals surface area contributed by atoms with Crippen molar-refractivity contribution in [3.05, 3.63) is 34.4 Å². The third-order valence-corrected chi connectivity index (χ3v) is 2.85. The molecular weight excluding hydrogens is 307 g/mol. The zero-order chi connectivity index (χ0) is 13.1. The van der Waals surface area contributed by atoms with Crippen molar-refractivity contribution in [1.29, 1.82) is 0 Å². The molecule has 0 spiro atoms. The Morgan fingerprint density at radius 1 is 1.50 bits per heavy atom. The van der Waals surface area contributed by atoms with Crippen molar-refractivity contribution in [2.24, 2.45) is 0 Å². The lowest BCUT2D eigenvalue weighted by Crippen LogP contribution is -1.97. The van der Waals surface area contributed by atoms with E-state index in [1.54, 1.807) is 0 Å². The predicted molar refractivity (Wildman–Crippen MR) is 63.3 cm³/mol. The monoisotopic (exact) mass is 314 g/mol. The van der Waals surface area contributed by atoms with E-state index in [2.05, 4.69) is 26.1 Å². The van der Waals surface area contributed by atoms with Crippen molar-refractivity contribution >= 4 is 21.9 Å². The fraction of sp³-hybridized carbons (Fsp3) is 0.182. The van der Waals surface area contributed by atoms with Gasteiger partial charge < -0.3 is 9.63 Å². The largest absolute Gasteiger partial charge is 0.481 e. The number of carboxylic acid groups (broad SMARTS) is 1. The quantitative estimate of drug-likeness (QED) is 0.938. The smallest absolute Gasteiger partial charge is 0.303 e. The predicted octanol–water partition coefficient (Wildman–Crippen LogP) is 2.66. The highest BCUT2D eigenvalue weighted by molar-refractivity contribution is 9.10. The first-order valence-corrected chi connectivity index (χ1v) is 5.85. The van der Waals surface area contributed by atoms with Gasteiger partial charge in [-0.1, -0.05) is 5.16 Å². The molecule has 7 heteroatoms. The third-order valence-electron chi connectivity index (χ3n) is 2.19. The zero-order valence-corrected chi connectivity index (χ0v) is 10.6. The van der Waals surface area contributed by atoms with Crippen LogP contribution < -0.4 is 0 Å². The van der Waals surface area contributed by atoms with Gasteiger partial charge in [-0.15, -0.1) is 0 Å². The number of aliphatic carboxylic acids is 1. The van der Waals surface area contributed by atoms with Crippen molar-refractivity contribution in [1.82, 2.24) is 10.1 Å². The third kappa shape index (κ3) is 2.92. The summed E-state index contributed by atoms with van der Waals surface area (Å²) in [6.07, 6.45) is 0.0906. The average Bonchev–Trinajstić information content (AvgIpc) is 2.75. The van der Waals surface area contributed by atoms with Gasteiger partial charge >= 0.3 is 5.97 Å². The minimum atomic E-state index is -0.933. The van der Waals surface area contributed by atoms with Gasteiger partial charge in [-0.2, -0.15) is 4.98 Å². The minimum Gasteiger partial charge on any atom is -0.481 e. The summed E-state index contributed by atoms with van der Waals surface area (Å²) in [6, 6.07) is 4.10. The van der Waals surface area contributed by atoms with E-state index in [1.165, 1.54) is 18.2 Å². The summed E-state index contributed by atoms with van der Waals surface area (Å²) in [7, 11) is 0. The molecule has 5 nitrogen and oxygen atoms in total. The molecule has 94 valence electrons. The minimum absolute atomic E-state index is 0.0772. The van der Waals surface area contributed by atoms with Gasteiger partial charge in [0.25, 0.3) is 0 Å². The number of hydrogen-bond acceptors (Lipinski definition) is 4. The first kappa shape index (κ1) is 12.7. The molecule has 0 radical (unpaired) electrons. The van der Waals surface area contributed by atoms with Gasteiger partial charge in [0, 0.05) is 16.5 Å². The molecule has 0 aliphatic carbocycles. The highest BCUT2D eigenvalue weighted by atomic mass is 79.9. The van der Waals surface area contributed by atoms with Crippen LogP contribution in [0.2, 0.25) is 0 Å². The summed E-state index contributed by atoms with van der Waals surface area (Å²) in [5.41, 5.74) is 0.585. The van der Waals surface area contributed by atoms with Crippen molar-refractivity contribution in [3.8, 4) is 11.4 Å². The molecule has 2 aromatic rings. The topological polar surface area (TPSA) is 76.2 Å². The lowest BCUT2D eigenvalue weighted by atomic mass is 10.2. The van der Waals surface area contributed by atoms with Crippen LogP contribution in [0.5, 0.6) is 0 Å². The molecule has 0 saturated carbocycles. The molecule has 1 aromatic heterocycles. The molecule has 0 aliphatic rings. The number of halogens is 2. The maximum absolute atomic E-state index is 12.9. The van der Waals surface area contributed by atoms with Crippen molar-refractivity contribution in [2.45, 2.75) is 12.8 Å². The number of rotatable bonds is 4. The Bertz CT molecular complexity index is 585. The Labute approximate surface area is 110 Å². The second-order valence-electron chi connectivity index (χ2n) is 3.53. The van der Waals surface area contributed by atoms with Crippen molar-refractivity contribution in [2.75, 3.05) is 0 Å². The SMILES string of the molecule is O=C(O)CCc1nc(-c2ccc(F)cc2Br)no1. The van der Waals surface area contributed by atoms with Crippen LogP contribution in [0.3, 0.4) is 0 Å². The van der Waals surface area contributed by atoms with Crippen LogP contribution >= 0.6 is 15.9 Å². The van der Waals surface area contributed by atoms with Gasteiger partial charge in [-0.3, -0.25) is 4.79 Å². The molecule has 1 N–H and O–H groups in total. The molecular formula is C11H8BrFN2O3. The average molecular weight is 315 g/mol. The number of hydrogen-bond donors (Lipinski definition) is 1. The Kier molecular flexibility index (Phi) is 3.71. The Morgan fingerprint density at radius 2 is 2.28 bits per heavy atom. The molecule has 0 saturated heterocycles. The van der Waals surface area contributed by atoms with Crippen LogP contribution in [0.25, 0.3) is 11.4 Å². The van der Waals surface area contributed by atoms with Crippen LogP contribution in [0.15, 0.2) is 27.2 Å². The summed E-state index contributed by atoms with van der Waals surface area (Å²) in [5.74, 6) is -0.774. The molecule has 1 aromatic carbocycles. The fourth-order valence-corrected chi connectivity index (χ4v) is 1.88. The van der Waals surface area contributed by atoms with Gasteiger partial charge in [0.2, 0.25) is 11.7 Å². The summed E-state index contributed by atoms with van der Waals surface area (Å²) in [6.45, 7) is 0. The van der Waals surface area contributed by atoms with E-state index in [-0.39, 0.29) is 24.5 Å². The second kappa shape index (κ2) is 5.26. The molecule has 2 rings (SSSR count). The van der Waals surface area contributed by atoms with E-state index in [0.29, 0.717) is 15.9 Å². The number of carbonyl (C=O) groups is 1. The fourth-order valence-electron chi connectivity index (χ4n) is 1.35. The van der Waals surface area contributed by atoms with Crippen LogP contribution in [0, 0.1) is 5.82 Å². The molecule has 0 atom stereocenters. The Morgan fingerprint density at radius 3 is 2.94 bits per heavy atom. The Hall–Kier alpha value is -1.76. The molecule has 0 aliphatic heterocycles. The van der Waals surface area contributed by atoms with Gasteiger partial charge in [0.1, 0.15) is 5.82 Å². The maximum Gasteiger partial charge on any atom is 0.303 e.